The average molecular weight is 537 g/mol. The van der Waals surface area contributed by atoms with E-state index in [1.807, 2.05) is 117 Å². The summed E-state index contributed by atoms with van der Waals surface area (Å²) < 4.78 is 12.1. The van der Waals surface area contributed by atoms with E-state index in [1.54, 1.807) is 19.1 Å². The Bertz CT molecular complexity index is 1840. The summed E-state index contributed by atoms with van der Waals surface area (Å²) in [5.74, 6) is 3.00. The Kier molecular flexibility index (Phi) is 7.00. The minimum atomic E-state index is -0.0129. The maximum absolute atomic E-state index is 12.0. The van der Waals surface area contributed by atoms with Gasteiger partial charge in [-0.2, -0.15) is 0 Å². The van der Waals surface area contributed by atoms with Crippen molar-refractivity contribution in [3.63, 3.8) is 0 Å². The van der Waals surface area contributed by atoms with Crippen LogP contribution in [0, 0.1) is 13.8 Å². The van der Waals surface area contributed by atoms with Gasteiger partial charge in [-0.25, -0.2) is 9.97 Å². The van der Waals surface area contributed by atoms with Gasteiger partial charge in [0.05, 0.1) is 22.4 Å². The van der Waals surface area contributed by atoms with Crippen molar-refractivity contribution in [1.82, 2.24) is 9.97 Å². The molecular formula is C36H28N2O3. The van der Waals surface area contributed by atoms with Gasteiger partial charge in [0, 0.05) is 16.7 Å². The second-order valence-corrected chi connectivity index (χ2v) is 10.1. The molecule has 0 saturated carbocycles. The minimum Gasteiger partial charge on any atom is -0.457 e. The molecule has 0 aliphatic heterocycles. The van der Waals surface area contributed by atoms with Crippen molar-refractivity contribution in [1.29, 1.82) is 0 Å². The molecule has 0 radical (unpaired) electrons. The molecule has 0 N–H and O–H groups in total. The Morgan fingerprint density at radius 2 is 0.902 bits per heavy atom. The molecule has 0 aliphatic carbocycles. The van der Waals surface area contributed by atoms with Crippen LogP contribution in [0.25, 0.3) is 33.5 Å². The maximum atomic E-state index is 12.0. The highest BCUT2D eigenvalue weighted by Crippen LogP contribution is 2.34. The minimum absolute atomic E-state index is 0.0129. The van der Waals surface area contributed by atoms with Gasteiger partial charge in [-0.1, -0.05) is 35.4 Å². The number of ether oxygens (including phenoxy) is 2. The van der Waals surface area contributed by atoms with E-state index in [4.69, 9.17) is 19.4 Å². The molecule has 0 bridgehead atoms. The third-order valence-electron chi connectivity index (χ3n) is 6.84. The lowest BCUT2D eigenvalue weighted by Crippen LogP contribution is -1.98. The van der Waals surface area contributed by atoms with Gasteiger partial charge in [0.2, 0.25) is 0 Å². The molecule has 0 saturated heterocycles. The number of rotatable bonds is 7. The van der Waals surface area contributed by atoms with Crippen LogP contribution in [0.15, 0.2) is 115 Å². The van der Waals surface area contributed by atoms with Crippen molar-refractivity contribution in [2.45, 2.75) is 20.8 Å². The summed E-state index contributed by atoms with van der Waals surface area (Å²) in [6, 6.07) is 37.0. The summed E-state index contributed by atoms with van der Waals surface area (Å²) in [5, 5.41) is 0. The first kappa shape index (κ1) is 26.0. The van der Waals surface area contributed by atoms with E-state index in [0.29, 0.717) is 22.3 Å². The van der Waals surface area contributed by atoms with E-state index >= 15 is 0 Å². The van der Waals surface area contributed by atoms with Crippen LogP contribution in [0.1, 0.15) is 28.4 Å². The third-order valence-corrected chi connectivity index (χ3v) is 6.84. The quantitative estimate of drug-likeness (QED) is 0.190. The molecule has 200 valence electrons. The van der Waals surface area contributed by atoms with Gasteiger partial charge in [-0.3, -0.25) is 4.79 Å². The molecule has 6 aromatic rings. The SMILES string of the molecule is CC(=O)c1ccc2nc(-c3ccc(Oc4ccc(C)cc4)cc3)c(-c3ccc(Oc4ccc(C)cc4)cc3)nc2c1. The topological polar surface area (TPSA) is 61.3 Å². The number of ketones is 1. The van der Waals surface area contributed by atoms with Crippen LogP contribution in [-0.4, -0.2) is 15.8 Å². The van der Waals surface area contributed by atoms with Crippen LogP contribution in [0.2, 0.25) is 0 Å². The maximum Gasteiger partial charge on any atom is 0.159 e. The Hall–Kier alpha value is -5.29. The van der Waals surface area contributed by atoms with Gasteiger partial charge in [0.25, 0.3) is 0 Å². The molecule has 5 nitrogen and oxygen atoms in total. The monoisotopic (exact) mass is 536 g/mol. The fourth-order valence-corrected chi connectivity index (χ4v) is 4.52. The normalized spacial score (nSPS) is 10.9. The summed E-state index contributed by atoms with van der Waals surface area (Å²) in [7, 11) is 0. The first-order chi connectivity index (χ1) is 19.9. The molecule has 0 atom stereocenters. The fourth-order valence-electron chi connectivity index (χ4n) is 4.52. The van der Waals surface area contributed by atoms with Gasteiger partial charge < -0.3 is 9.47 Å². The first-order valence-electron chi connectivity index (χ1n) is 13.4. The van der Waals surface area contributed by atoms with Crippen LogP contribution in [0.3, 0.4) is 0 Å². The molecule has 41 heavy (non-hydrogen) atoms. The number of nitrogens with zero attached hydrogens (tertiary/aromatic N) is 2. The molecule has 6 rings (SSSR count). The van der Waals surface area contributed by atoms with E-state index in [9.17, 15) is 4.79 Å². The van der Waals surface area contributed by atoms with Crippen molar-refractivity contribution < 1.29 is 14.3 Å². The van der Waals surface area contributed by atoms with Crippen LogP contribution in [-0.2, 0) is 0 Å². The molecule has 0 unspecified atom stereocenters. The highest BCUT2D eigenvalue weighted by atomic mass is 16.5. The standard InChI is InChI=1S/C36H28N2O3/c1-23-4-13-29(14-5-23)40-31-17-8-26(9-18-31)35-36(38-34-22-28(25(3)39)12-21-33(34)37-35)27-10-19-32(20-11-27)41-30-15-6-24(2)7-16-30/h4-22H,1-3H3. The summed E-state index contributed by atoms with van der Waals surface area (Å²) in [4.78, 5) is 22.0. The number of carbonyl (C=O) groups excluding carboxylic acids is 1. The summed E-state index contributed by atoms with van der Waals surface area (Å²) >= 11 is 0. The second-order valence-electron chi connectivity index (χ2n) is 10.1. The third kappa shape index (κ3) is 5.85. The Morgan fingerprint density at radius 1 is 0.512 bits per heavy atom. The molecular weight excluding hydrogens is 508 g/mol. The first-order valence-corrected chi connectivity index (χ1v) is 13.4. The van der Waals surface area contributed by atoms with E-state index < -0.39 is 0 Å². The zero-order valence-electron chi connectivity index (χ0n) is 23.1. The van der Waals surface area contributed by atoms with Crippen molar-refractivity contribution >= 4 is 16.8 Å². The zero-order valence-corrected chi connectivity index (χ0v) is 23.1. The lowest BCUT2D eigenvalue weighted by molar-refractivity contribution is 0.101. The van der Waals surface area contributed by atoms with Crippen LogP contribution < -0.4 is 9.47 Å². The van der Waals surface area contributed by atoms with Crippen molar-refractivity contribution in [2.24, 2.45) is 0 Å². The number of Topliss-reactive ketones (excluding diaryl/α,β-unsaturated/α-hetero) is 1. The number of aromatic nitrogens is 2. The van der Waals surface area contributed by atoms with Crippen molar-refractivity contribution in [3.8, 4) is 45.5 Å². The number of hydrogen-bond acceptors (Lipinski definition) is 5. The number of fused-ring (bicyclic) bond motifs is 1. The summed E-state index contributed by atoms with van der Waals surface area (Å²) in [6.45, 7) is 5.65. The van der Waals surface area contributed by atoms with Gasteiger partial charge >= 0.3 is 0 Å². The van der Waals surface area contributed by atoms with Gasteiger partial charge in [-0.15, -0.1) is 0 Å². The van der Waals surface area contributed by atoms with Crippen molar-refractivity contribution in [2.75, 3.05) is 0 Å². The number of benzene rings is 5. The lowest BCUT2D eigenvalue weighted by atomic mass is 10.0. The van der Waals surface area contributed by atoms with Crippen LogP contribution >= 0.6 is 0 Å². The largest absolute Gasteiger partial charge is 0.457 e. The van der Waals surface area contributed by atoms with E-state index in [1.165, 1.54) is 11.1 Å². The number of hydrogen-bond donors (Lipinski definition) is 0. The number of aryl methyl sites for hydroxylation is 2. The van der Waals surface area contributed by atoms with E-state index in [-0.39, 0.29) is 5.78 Å². The second kappa shape index (κ2) is 11.1. The van der Waals surface area contributed by atoms with Crippen LogP contribution in [0.4, 0.5) is 0 Å². The van der Waals surface area contributed by atoms with Gasteiger partial charge in [-0.05, 0) is 112 Å². The molecule has 0 fully saturated rings. The molecule has 5 aromatic carbocycles. The average Bonchev–Trinajstić information content (AvgIpc) is 2.99. The Balaban J connectivity index is 1.37. The predicted octanol–water partition coefficient (Wildman–Crippen LogP) is 9.37. The van der Waals surface area contributed by atoms with E-state index in [2.05, 4.69) is 0 Å². The molecule has 0 aliphatic rings. The highest BCUT2D eigenvalue weighted by Gasteiger charge is 2.15. The molecule has 0 spiro atoms. The molecule has 1 heterocycles. The number of carbonyl (C=O) groups is 1. The highest BCUT2D eigenvalue weighted by molar-refractivity contribution is 5.98. The van der Waals surface area contributed by atoms with Crippen molar-refractivity contribution in [3.05, 3.63) is 132 Å². The van der Waals surface area contributed by atoms with Gasteiger partial charge in [0.1, 0.15) is 23.0 Å². The molecule has 1 aromatic heterocycles. The fraction of sp³-hybridized carbons (Fsp3) is 0.0833. The van der Waals surface area contributed by atoms with Crippen LogP contribution in [0.5, 0.6) is 23.0 Å². The molecule has 0 amide bonds. The summed E-state index contributed by atoms with van der Waals surface area (Å²) in [6.07, 6.45) is 0. The smallest absolute Gasteiger partial charge is 0.159 e. The lowest BCUT2D eigenvalue weighted by Gasteiger charge is -2.13. The Labute approximate surface area is 239 Å². The van der Waals surface area contributed by atoms with E-state index in [0.717, 1.165) is 39.8 Å². The predicted molar refractivity (Wildman–Crippen MR) is 163 cm³/mol. The zero-order chi connectivity index (χ0) is 28.3. The summed E-state index contributed by atoms with van der Waals surface area (Å²) in [5.41, 5.74) is 7.58. The molecule has 5 heteroatoms. The van der Waals surface area contributed by atoms with Gasteiger partial charge in [0.15, 0.2) is 5.78 Å². The Morgan fingerprint density at radius 3 is 1.32 bits per heavy atom.